The number of hydrogen-bond donors (Lipinski definition) is 1. The van der Waals surface area contributed by atoms with Crippen LogP contribution in [0.1, 0.15) is 53.8 Å². The van der Waals surface area contributed by atoms with Gasteiger partial charge < -0.3 is 19.4 Å². The molecule has 0 saturated carbocycles. The average Bonchev–Trinajstić information content (AvgIpc) is 3.36. The van der Waals surface area contributed by atoms with E-state index in [0.717, 1.165) is 67.6 Å². The third-order valence-corrected chi connectivity index (χ3v) is 9.31. The number of aromatic nitrogens is 2. The van der Waals surface area contributed by atoms with E-state index >= 15 is 4.39 Å². The molecule has 3 aliphatic heterocycles. The molecular weight excluding hydrogens is 604 g/mol. The first kappa shape index (κ1) is 27.3. The van der Waals surface area contributed by atoms with Gasteiger partial charge in [-0.15, -0.1) is 0 Å². The first-order valence-electron chi connectivity index (χ1n) is 14.4. The van der Waals surface area contributed by atoms with Crippen molar-refractivity contribution in [3.05, 3.63) is 87.2 Å². The maximum absolute atomic E-state index is 15.2. The summed E-state index contributed by atoms with van der Waals surface area (Å²) < 4.78 is 44.6. The summed E-state index contributed by atoms with van der Waals surface area (Å²) in [5, 5.41) is 12.5. The van der Waals surface area contributed by atoms with Crippen molar-refractivity contribution in [1.82, 2.24) is 19.8 Å². The standard InChI is InChI=1S/C32H30BrF2N5O2/c33-24-14-25(34)30-31(29(24)35)40(16-22-8-11-37-22)28(38-30)17-39-12-9-20(10-13-39)23-2-1-3-26-32(23)41-18-27(42-26)21-6-4-19(15-36)5-7-21/h1-7,14,20,22,27,37H,8-13,16-18H2/t22-,27-/m0/s1. The summed E-state index contributed by atoms with van der Waals surface area (Å²) in [5.74, 6) is 1.57. The van der Waals surface area contributed by atoms with Gasteiger partial charge in [0.05, 0.1) is 22.7 Å². The normalized spacial score (nSPS) is 20.8. The van der Waals surface area contributed by atoms with Gasteiger partial charge in [0.1, 0.15) is 23.5 Å². The fourth-order valence-corrected chi connectivity index (χ4v) is 6.66. The van der Waals surface area contributed by atoms with Crippen molar-refractivity contribution in [2.24, 2.45) is 0 Å². The molecule has 0 spiro atoms. The zero-order chi connectivity index (χ0) is 28.8. The van der Waals surface area contributed by atoms with Gasteiger partial charge >= 0.3 is 0 Å². The Bertz CT molecular complexity index is 1670. The molecule has 0 aliphatic carbocycles. The van der Waals surface area contributed by atoms with Crippen LogP contribution in [-0.2, 0) is 13.1 Å². The number of likely N-dealkylation sites (tertiary alicyclic amines) is 1. The number of fused-ring (bicyclic) bond motifs is 2. The highest BCUT2D eigenvalue weighted by atomic mass is 79.9. The first-order chi connectivity index (χ1) is 20.5. The number of nitrogens with zero attached hydrogens (tertiary/aromatic N) is 4. The number of ether oxygens (including phenoxy) is 2. The lowest BCUT2D eigenvalue weighted by Gasteiger charge is -2.35. The summed E-state index contributed by atoms with van der Waals surface area (Å²) in [5.41, 5.74) is 3.07. The van der Waals surface area contributed by atoms with Crippen LogP contribution in [0.15, 0.2) is 53.0 Å². The highest BCUT2D eigenvalue weighted by Crippen LogP contribution is 2.44. The van der Waals surface area contributed by atoms with Crippen LogP contribution in [0, 0.1) is 23.0 Å². The van der Waals surface area contributed by atoms with Gasteiger partial charge in [-0.05, 0) is 90.6 Å². The van der Waals surface area contributed by atoms with Crippen molar-refractivity contribution in [2.75, 3.05) is 26.2 Å². The molecule has 4 aromatic rings. The Morgan fingerprint density at radius 1 is 1.10 bits per heavy atom. The van der Waals surface area contributed by atoms with E-state index in [1.54, 1.807) is 12.1 Å². The van der Waals surface area contributed by atoms with Crippen LogP contribution in [-0.4, -0.2) is 46.7 Å². The first-order valence-corrected chi connectivity index (χ1v) is 15.2. The molecule has 10 heteroatoms. The smallest absolute Gasteiger partial charge is 0.164 e. The van der Waals surface area contributed by atoms with Crippen LogP contribution in [0.3, 0.4) is 0 Å². The van der Waals surface area contributed by atoms with Crippen molar-refractivity contribution in [1.29, 1.82) is 5.26 Å². The molecular formula is C32H30BrF2N5O2. The maximum atomic E-state index is 15.2. The van der Waals surface area contributed by atoms with Gasteiger partial charge in [0.25, 0.3) is 0 Å². The minimum Gasteiger partial charge on any atom is -0.485 e. The van der Waals surface area contributed by atoms with Gasteiger partial charge in [-0.2, -0.15) is 5.26 Å². The van der Waals surface area contributed by atoms with E-state index < -0.39 is 11.6 Å². The number of hydrogen-bond acceptors (Lipinski definition) is 6. The molecule has 3 aromatic carbocycles. The van der Waals surface area contributed by atoms with Crippen molar-refractivity contribution in [3.8, 4) is 17.6 Å². The Morgan fingerprint density at radius 2 is 1.88 bits per heavy atom. The Kier molecular flexibility index (Phi) is 7.34. The molecule has 2 fully saturated rings. The van der Waals surface area contributed by atoms with E-state index in [4.69, 9.17) is 14.7 Å². The minimum atomic E-state index is -0.518. The number of nitriles is 1. The van der Waals surface area contributed by atoms with Crippen molar-refractivity contribution < 1.29 is 18.3 Å². The Hall–Kier alpha value is -3.52. The Morgan fingerprint density at radius 3 is 2.60 bits per heavy atom. The molecule has 42 heavy (non-hydrogen) atoms. The fourth-order valence-electron chi connectivity index (χ4n) is 6.27. The molecule has 1 aromatic heterocycles. The predicted octanol–water partition coefficient (Wildman–Crippen LogP) is 6.20. The Balaban J connectivity index is 1.06. The van der Waals surface area contributed by atoms with Gasteiger partial charge in [0, 0.05) is 18.2 Å². The van der Waals surface area contributed by atoms with Crippen molar-refractivity contribution in [2.45, 2.75) is 50.4 Å². The van der Waals surface area contributed by atoms with Gasteiger partial charge in [0.2, 0.25) is 0 Å². The molecule has 2 saturated heterocycles. The SMILES string of the molecule is N#Cc1ccc([C@@H]2COc3c(cccc3C3CCN(Cc4nc5c(F)cc(Br)c(F)c5n4C[C@@H]4CCN4)CC3)O2)cc1. The molecule has 4 heterocycles. The van der Waals surface area contributed by atoms with Crippen LogP contribution < -0.4 is 14.8 Å². The number of imidazole rings is 1. The van der Waals surface area contributed by atoms with E-state index in [0.29, 0.717) is 37.0 Å². The second-order valence-electron chi connectivity index (χ2n) is 11.3. The summed E-state index contributed by atoms with van der Waals surface area (Å²) >= 11 is 3.17. The third kappa shape index (κ3) is 5.04. The third-order valence-electron chi connectivity index (χ3n) is 8.73. The molecule has 7 rings (SSSR count). The summed E-state index contributed by atoms with van der Waals surface area (Å²) in [6, 6.07) is 17.0. The number of piperidine rings is 1. The molecule has 1 N–H and O–H groups in total. The van der Waals surface area contributed by atoms with Gasteiger partial charge in [-0.1, -0.05) is 24.3 Å². The zero-order valence-corrected chi connectivity index (χ0v) is 24.5. The molecule has 0 unspecified atom stereocenters. The van der Waals surface area contributed by atoms with E-state index in [1.165, 1.54) is 0 Å². The summed E-state index contributed by atoms with van der Waals surface area (Å²) in [6.07, 6.45) is 2.63. The monoisotopic (exact) mass is 633 g/mol. The van der Waals surface area contributed by atoms with Gasteiger partial charge in [-0.3, -0.25) is 4.90 Å². The zero-order valence-electron chi connectivity index (χ0n) is 23.0. The highest BCUT2D eigenvalue weighted by molar-refractivity contribution is 9.10. The predicted molar refractivity (Wildman–Crippen MR) is 157 cm³/mol. The second-order valence-corrected chi connectivity index (χ2v) is 12.2. The molecule has 3 aliphatic rings. The largest absolute Gasteiger partial charge is 0.485 e. The van der Waals surface area contributed by atoms with Crippen molar-refractivity contribution >= 4 is 27.0 Å². The number of nitrogens with one attached hydrogen (secondary N) is 1. The molecule has 216 valence electrons. The molecule has 7 nitrogen and oxygen atoms in total. The number of para-hydroxylation sites is 1. The number of halogens is 3. The van der Waals surface area contributed by atoms with Crippen LogP contribution in [0.25, 0.3) is 11.0 Å². The van der Waals surface area contributed by atoms with Crippen LogP contribution in [0.5, 0.6) is 11.5 Å². The summed E-state index contributed by atoms with van der Waals surface area (Å²) in [7, 11) is 0. The highest BCUT2D eigenvalue weighted by Gasteiger charge is 2.31. The fraction of sp³-hybridized carbons (Fsp3) is 0.375. The van der Waals surface area contributed by atoms with Crippen LogP contribution in [0.2, 0.25) is 0 Å². The second kappa shape index (κ2) is 11.3. The quantitative estimate of drug-likeness (QED) is 0.255. The van der Waals surface area contributed by atoms with Crippen molar-refractivity contribution in [3.63, 3.8) is 0 Å². The molecule has 0 radical (unpaired) electrons. The molecule has 0 amide bonds. The van der Waals surface area contributed by atoms with Gasteiger partial charge in [-0.25, -0.2) is 13.8 Å². The summed E-state index contributed by atoms with van der Waals surface area (Å²) in [4.78, 5) is 6.92. The van der Waals surface area contributed by atoms with Crippen LogP contribution >= 0.6 is 15.9 Å². The van der Waals surface area contributed by atoms with E-state index in [-0.39, 0.29) is 27.7 Å². The topological polar surface area (TPSA) is 75.3 Å². The van der Waals surface area contributed by atoms with E-state index in [1.807, 2.05) is 28.8 Å². The number of benzene rings is 3. The molecule has 0 bridgehead atoms. The lowest BCUT2D eigenvalue weighted by atomic mass is 9.88. The van der Waals surface area contributed by atoms with E-state index in [9.17, 15) is 4.39 Å². The minimum absolute atomic E-state index is 0.0901. The van der Waals surface area contributed by atoms with Crippen LogP contribution in [0.4, 0.5) is 8.78 Å². The lowest BCUT2D eigenvalue weighted by molar-refractivity contribution is 0.0888. The summed E-state index contributed by atoms with van der Waals surface area (Å²) in [6.45, 7) is 4.11. The molecule has 2 atom stereocenters. The van der Waals surface area contributed by atoms with E-state index in [2.05, 4.69) is 43.3 Å². The number of rotatable bonds is 6. The maximum Gasteiger partial charge on any atom is 0.164 e. The lowest BCUT2D eigenvalue weighted by Crippen LogP contribution is -2.46. The average molecular weight is 635 g/mol. The Labute approximate surface area is 251 Å². The van der Waals surface area contributed by atoms with Gasteiger partial charge in [0.15, 0.2) is 29.2 Å².